The number of H-pyrrole nitrogens is 1. The van der Waals surface area contributed by atoms with Crippen molar-refractivity contribution in [1.82, 2.24) is 29.9 Å². The molecule has 0 unspecified atom stereocenters. The van der Waals surface area contributed by atoms with Gasteiger partial charge in [-0.15, -0.1) is 11.3 Å². The van der Waals surface area contributed by atoms with Crippen LogP contribution in [-0.4, -0.2) is 29.9 Å². The van der Waals surface area contributed by atoms with Crippen LogP contribution in [0.5, 0.6) is 0 Å². The third kappa shape index (κ3) is 1.84. The van der Waals surface area contributed by atoms with Gasteiger partial charge in [-0.2, -0.15) is 10.2 Å². The van der Waals surface area contributed by atoms with Crippen LogP contribution in [0.3, 0.4) is 0 Å². The van der Waals surface area contributed by atoms with Gasteiger partial charge in [0.05, 0.1) is 11.9 Å². The Bertz CT molecular complexity index is 608. The number of aryl methyl sites for hydroxylation is 1. The van der Waals surface area contributed by atoms with Gasteiger partial charge in [-0.05, 0) is 6.92 Å². The van der Waals surface area contributed by atoms with E-state index in [-0.39, 0.29) is 0 Å². The number of hydrogen-bond donors (Lipinski definition) is 1. The molecule has 0 aromatic carbocycles. The lowest BCUT2D eigenvalue weighted by Gasteiger charge is -1.90. The lowest BCUT2D eigenvalue weighted by atomic mass is 10.3. The standard InChI is InChI=1S/C10H10N6S/c1-2-16-4-7(3-13-16)8-5-17-10(14-8)9-11-6-12-15-9/h3-6H,2H2,1H3,(H,11,12,15). The molecule has 0 saturated carbocycles. The summed E-state index contributed by atoms with van der Waals surface area (Å²) in [6.45, 7) is 2.91. The highest BCUT2D eigenvalue weighted by Crippen LogP contribution is 2.26. The fourth-order valence-electron chi connectivity index (χ4n) is 1.49. The summed E-state index contributed by atoms with van der Waals surface area (Å²) in [6.07, 6.45) is 5.29. The van der Waals surface area contributed by atoms with Gasteiger partial charge >= 0.3 is 0 Å². The minimum atomic E-state index is 0.698. The van der Waals surface area contributed by atoms with Crippen molar-refractivity contribution in [2.45, 2.75) is 13.5 Å². The number of aromatic nitrogens is 6. The fraction of sp³-hybridized carbons (Fsp3) is 0.200. The predicted octanol–water partition coefficient (Wildman–Crippen LogP) is 1.81. The molecule has 0 fully saturated rings. The van der Waals surface area contributed by atoms with E-state index in [2.05, 4.69) is 32.2 Å². The van der Waals surface area contributed by atoms with Crippen molar-refractivity contribution in [3.63, 3.8) is 0 Å². The van der Waals surface area contributed by atoms with E-state index in [4.69, 9.17) is 0 Å². The number of nitrogens with zero attached hydrogens (tertiary/aromatic N) is 5. The molecule has 0 aliphatic carbocycles. The highest BCUT2D eigenvalue weighted by atomic mass is 32.1. The molecule has 0 amide bonds. The second-order valence-corrected chi connectivity index (χ2v) is 4.31. The van der Waals surface area contributed by atoms with Gasteiger partial charge in [0.2, 0.25) is 0 Å². The summed E-state index contributed by atoms with van der Waals surface area (Å²) in [5.74, 6) is 0.698. The molecule has 1 N–H and O–H groups in total. The number of aromatic amines is 1. The van der Waals surface area contributed by atoms with E-state index < -0.39 is 0 Å². The topological polar surface area (TPSA) is 72.3 Å². The van der Waals surface area contributed by atoms with Crippen molar-refractivity contribution in [1.29, 1.82) is 0 Å². The minimum Gasteiger partial charge on any atom is -0.272 e. The Kier molecular flexibility index (Phi) is 2.45. The number of nitrogens with one attached hydrogen (secondary N) is 1. The summed E-state index contributed by atoms with van der Waals surface area (Å²) in [5.41, 5.74) is 1.94. The van der Waals surface area contributed by atoms with Crippen LogP contribution in [0.2, 0.25) is 0 Å². The Morgan fingerprint density at radius 2 is 2.41 bits per heavy atom. The monoisotopic (exact) mass is 246 g/mol. The highest BCUT2D eigenvalue weighted by molar-refractivity contribution is 7.13. The predicted molar refractivity (Wildman–Crippen MR) is 64.4 cm³/mol. The molecule has 0 spiro atoms. The van der Waals surface area contributed by atoms with Crippen molar-refractivity contribution in [2.75, 3.05) is 0 Å². The summed E-state index contributed by atoms with van der Waals surface area (Å²) < 4.78 is 1.88. The first-order valence-corrected chi connectivity index (χ1v) is 6.09. The van der Waals surface area contributed by atoms with Gasteiger partial charge in [-0.3, -0.25) is 9.78 Å². The Labute approximate surface area is 101 Å². The Balaban J connectivity index is 1.94. The zero-order chi connectivity index (χ0) is 11.7. The molecule has 0 aliphatic heterocycles. The molecular weight excluding hydrogens is 236 g/mol. The van der Waals surface area contributed by atoms with E-state index in [9.17, 15) is 0 Å². The molecule has 3 aromatic heterocycles. The molecule has 0 radical (unpaired) electrons. The zero-order valence-electron chi connectivity index (χ0n) is 9.16. The Morgan fingerprint density at radius 3 is 3.12 bits per heavy atom. The Hall–Kier alpha value is -2.02. The number of thiazole rings is 1. The van der Waals surface area contributed by atoms with E-state index in [1.165, 1.54) is 17.7 Å². The van der Waals surface area contributed by atoms with Crippen LogP contribution in [0.4, 0.5) is 0 Å². The van der Waals surface area contributed by atoms with Crippen LogP contribution in [-0.2, 0) is 6.54 Å². The maximum absolute atomic E-state index is 4.50. The third-order valence-corrected chi connectivity index (χ3v) is 3.22. The van der Waals surface area contributed by atoms with Gasteiger partial charge in [0, 0.05) is 23.7 Å². The summed E-state index contributed by atoms with van der Waals surface area (Å²) in [5, 5.41) is 13.7. The molecule has 0 saturated heterocycles. The van der Waals surface area contributed by atoms with Crippen molar-refractivity contribution >= 4 is 11.3 Å². The van der Waals surface area contributed by atoms with Gasteiger partial charge in [0.1, 0.15) is 6.33 Å². The molecule has 86 valence electrons. The van der Waals surface area contributed by atoms with E-state index in [1.807, 2.05) is 22.5 Å². The highest BCUT2D eigenvalue weighted by Gasteiger charge is 2.09. The lowest BCUT2D eigenvalue weighted by molar-refractivity contribution is 0.660. The van der Waals surface area contributed by atoms with Crippen LogP contribution in [0.1, 0.15) is 6.92 Å². The van der Waals surface area contributed by atoms with Crippen LogP contribution >= 0.6 is 11.3 Å². The van der Waals surface area contributed by atoms with Crippen LogP contribution in [0.15, 0.2) is 24.1 Å². The van der Waals surface area contributed by atoms with Gasteiger partial charge in [0.25, 0.3) is 0 Å². The second kappa shape index (κ2) is 4.10. The Morgan fingerprint density at radius 1 is 1.47 bits per heavy atom. The second-order valence-electron chi connectivity index (χ2n) is 3.46. The van der Waals surface area contributed by atoms with Gasteiger partial charge in [0.15, 0.2) is 10.8 Å². The van der Waals surface area contributed by atoms with Crippen LogP contribution < -0.4 is 0 Å². The van der Waals surface area contributed by atoms with Crippen LogP contribution in [0.25, 0.3) is 22.1 Å². The summed E-state index contributed by atoms with van der Waals surface area (Å²) in [6, 6.07) is 0. The molecule has 3 heterocycles. The largest absolute Gasteiger partial charge is 0.272 e. The average Bonchev–Trinajstić information content (AvgIpc) is 3.09. The minimum absolute atomic E-state index is 0.698. The maximum atomic E-state index is 4.50. The van der Waals surface area contributed by atoms with Crippen molar-refractivity contribution in [2.24, 2.45) is 0 Å². The van der Waals surface area contributed by atoms with E-state index in [1.54, 1.807) is 0 Å². The molecule has 17 heavy (non-hydrogen) atoms. The molecule has 3 aromatic rings. The molecule has 3 rings (SSSR count). The molecule has 7 heteroatoms. The van der Waals surface area contributed by atoms with Gasteiger partial charge < -0.3 is 0 Å². The van der Waals surface area contributed by atoms with Crippen molar-refractivity contribution in [3.05, 3.63) is 24.1 Å². The van der Waals surface area contributed by atoms with E-state index in [0.29, 0.717) is 5.82 Å². The summed E-state index contributed by atoms with van der Waals surface area (Å²) in [4.78, 5) is 8.58. The normalized spacial score (nSPS) is 10.9. The number of rotatable bonds is 3. The number of hydrogen-bond acceptors (Lipinski definition) is 5. The lowest BCUT2D eigenvalue weighted by Crippen LogP contribution is -1.91. The van der Waals surface area contributed by atoms with Crippen LogP contribution in [0, 0.1) is 0 Å². The fourth-order valence-corrected chi connectivity index (χ4v) is 2.27. The quantitative estimate of drug-likeness (QED) is 0.765. The van der Waals surface area contributed by atoms with Crippen molar-refractivity contribution < 1.29 is 0 Å². The first kappa shape index (κ1) is 10.2. The zero-order valence-corrected chi connectivity index (χ0v) is 9.98. The SMILES string of the molecule is CCn1cc(-c2csc(-c3ncn[nH]3)n2)cn1. The molecular formula is C10H10N6S. The van der Waals surface area contributed by atoms with E-state index >= 15 is 0 Å². The first-order chi connectivity index (χ1) is 8.36. The molecule has 0 aliphatic rings. The first-order valence-electron chi connectivity index (χ1n) is 5.21. The third-order valence-electron chi connectivity index (χ3n) is 2.37. The average molecular weight is 246 g/mol. The summed E-state index contributed by atoms with van der Waals surface area (Å²) in [7, 11) is 0. The van der Waals surface area contributed by atoms with Crippen molar-refractivity contribution in [3.8, 4) is 22.1 Å². The smallest absolute Gasteiger partial charge is 0.184 e. The molecule has 6 nitrogen and oxygen atoms in total. The maximum Gasteiger partial charge on any atom is 0.184 e. The molecule has 0 bridgehead atoms. The van der Waals surface area contributed by atoms with Gasteiger partial charge in [-0.1, -0.05) is 0 Å². The summed E-state index contributed by atoms with van der Waals surface area (Å²) >= 11 is 1.54. The molecule has 0 atom stereocenters. The van der Waals surface area contributed by atoms with E-state index in [0.717, 1.165) is 22.8 Å². The van der Waals surface area contributed by atoms with Gasteiger partial charge in [-0.25, -0.2) is 9.97 Å².